The van der Waals surface area contributed by atoms with Crippen LogP contribution in [0.1, 0.15) is 32.6 Å². The molecule has 0 aromatic carbocycles. The number of nitrogens with two attached hydrogens (primary N) is 1. The smallest absolute Gasteiger partial charge is 0.212 e. The third-order valence-corrected chi connectivity index (χ3v) is 4.70. The minimum Gasteiger partial charge on any atom is -0.228 e. The Hall–Kier alpha value is -0.350. The number of hydrogen-bond donors (Lipinski definition) is 1. The van der Waals surface area contributed by atoms with Crippen LogP contribution in [0.25, 0.3) is 0 Å². The van der Waals surface area contributed by atoms with Gasteiger partial charge in [-0.05, 0) is 31.1 Å². The van der Waals surface area contributed by atoms with Gasteiger partial charge in [0.1, 0.15) is 0 Å². The first-order chi connectivity index (χ1) is 6.46. The summed E-state index contributed by atoms with van der Waals surface area (Å²) < 4.78 is 22.9. The van der Waals surface area contributed by atoms with Gasteiger partial charge < -0.3 is 0 Å². The Kier molecular flexibility index (Phi) is 3.72. The molecular formula is C10H19NO2S. The van der Waals surface area contributed by atoms with Gasteiger partial charge in [-0.15, -0.1) is 6.58 Å². The van der Waals surface area contributed by atoms with E-state index in [1.165, 1.54) is 0 Å². The zero-order chi connectivity index (χ0) is 10.8. The first kappa shape index (κ1) is 11.7. The Morgan fingerprint density at radius 3 is 2.43 bits per heavy atom. The maximum absolute atomic E-state index is 11.4. The Balaban J connectivity index is 2.75. The lowest BCUT2D eigenvalue weighted by molar-refractivity contribution is 0.259. The van der Waals surface area contributed by atoms with Crippen LogP contribution in [0.4, 0.5) is 0 Å². The van der Waals surface area contributed by atoms with Crippen molar-refractivity contribution in [2.75, 3.05) is 0 Å². The van der Waals surface area contributed by atoms with Gasteiger partial charge in [0.2, 0.25) is 10.0 Å². The number of allylic oxidation sites excluding steroid dienone is 1. The van der Waals surface area contributed by atoms with E-state index in [-0.39, 0.29) is 17.1 Å². The number of primary sulfonamides is 1. The summed E-state index contributed by atoms with van der Waals surface area (Å²) in [5, 5.41) is 4.89. The monoisotopic (exact) mass is 217 g/mol. The van der Waals surface area contributed by atoms with Gasteiger partial charge in [0.05, 0.1) is 5.25 Å². The van der Waals surface area contributed by atoms with Crippen LogP contribution in [0.2, 0.25) is 0 Å². The highest BCUT2D eigenvalue weighted by Gasteiger charge is 2.37. The lowest BCUT2D eigenvalue weighted by Crippen LogP contribution is -2.42. The summed E-state index contributed by atoms with van der Waals surface area (Å²) in [6, 6.07) is 0. The number of rotatable bonds is 5. The lowest BCUT2D eigenvalue weighted by Gasteiger charge is -2.35. The van der Waals surface area contributed by atoms with Crippen LogP contribution in [0.5, 0.6) is 0 Å². The zero-order valence-electron chi connectivity index (χ0n) is 8.65. The van der Waals surface area contributed by atoms with E-state index in [4.69, 9.17) is 5.14 Å². The van der Waals surface area contributed by atoms with Crippen LogP contribution in [0.3, 0.4) is 0 Å². The molecule has 0 saturated heterocycles. The van der Waals surface area contributed by atoms with Crippen molar-refractivity contribution in [1.29, 1.82) is 0 Å². The molecule has 0 aromatic rings. The molecule has 1 saturated carbocycles. The molecular weight excluding hydrogens is 198 g/mol. The Labute approximate surface area is 86.4 Å². The quantitative estimate of drug-likeness (QED) is 0.712. The second-order valence-corrected chi connectivity index (χ2v) is 5.97. The highest BCUT2D eigenvalue weighted by Crippen LogP contribution is 2.36. The second-order valence-electron chi connectivity index (χ2n) is 4.25. The van der Waals surface area contributed by atoms with E-state index >= 15 is 0 Å². The maximum Gasteiger partial charge on any atom is 0.212 e. The summed E-state index contributed by atoms with van der Waals surface area (Å²) >= 11 is 0. The average Bonchev–Trinajstić information content (AvgIpc) is 1.94. The second kappa shape index (κ2) is 4.45. The highest BCUT2D eigenvalue weighted by atomic mass is 32.2. The number of hydrogen-bond acceptors (Lipinski definition) is 2. The molecule has 0 radical (unpaired) electrons. The Morgan fingerprint density at radius 1 is 1.57 bits per heavy atom. The third kappa shape index (κ3) is 2.58. The molecule has 0 heterocycles. The van der Waals surface area contributed by atoms with Crippen LogP contribution < -0.4 is 5.14 Å². The van der Waals surface area contributed by atoms with Crippen molar-refractivity contribution in [3.05, 3.63) is 12.7 Å². The van der Waals surface area contributed by atoms with Gasteiger partial charge in [-0.2, -0.15) is 0 Å². The SMILES string of the molecule is C=CC[C@@H](C)C(C1CCC1)S(N)(=O)=O. The van der Waals surface area contributed by atoms with Crippen molar-refractivity contribution in [2.45, 2.75) is 37.9 Å². The third-order valence-electron chi connectivity index (χ3n) is 3.09. The molecule has 0 aromatic heterocycles. The standard InChI is InChI=1S/C10H19NO2S/c1-3-5-8(2)10(14(11,12)13)9-6-4-7-9/h3,8-10H,1,4-7H2,2H3,(H2,11,12,13)/t8-,10?/m1/s1. The summed E-state index contributed by atoms with van der Waals surface area (Å²) in [5.74, 6) is 0.368. The van der Waals surface area contributed by atoms with Gasteiger partial charge in [0.25, 0.3) is 0 Å². The molecule has 2 N–H and O–H groups in total. The average molecular weight is 217 g/mol. The molecule has 0 amide bonds. The van der Waals surface area contributed by atoms with Crippen LogP contribution in [0, 0.1) is 11.8 Å². The molecule has 4 heteroatoms. The van der Waals surface area contributed by atoms with Crippen molar-refractivity contribution < 1.29 is 8.42 Å². The predicted molar refractivity (Wildman–Crippen MR) is 58.2 cm³/mol. The molecule has 3 nitrogen and oxygen atoms in total. The molecule has 1 aliphatic rings. The Morgan fingerprint density at radius 2 is 2.14 bits per heavy atom. The van der Waals surface area contributed by atoms with Crippen LogP contribution >= 0.6 is 0 Å². The predicted octanol–water partition coefficient (Wildman–Crippen LogP) is 1.66. The molecule has 1 unspecified atom stereocenters. The van der Waals surface area contributed by atoms with Crippen LogP contribution in [-0.2, 0) is 10.0 Å². The summed E-state index contributed by atoms with van der Waals surface area (Å²) in [6.07, 6.45) is 5.63. The Bertz CT molecular complexity index is 293. The van der Waals surface area contributed by atoms with Crippen molar-refractivity contribution in [2.24, 2.45) is 17.0 Å². The van der Waals surface area contributed by atoms with E-state index < -0.39 is 10.0 Å². The molecule has 0 bridgehead atoms. The van der Waals surface area contributed by atoms with Gasteiger partial charge in [-0.3, -0.25) is 0 Å². The van der Waals surface area contributed by atoms with Crippen LogP contribution in [0.15, 0.2) is 12.7 Å². The maximum atomic E-state index is 11.4. The molecule has 1 aliphatic carbocycles. The van der Waals surface area contributed by atoms with Gasteiger partial charge in [0.15, 0.2) is 0 Å². The van der Waals surface area contributed by atoms with E-state index in [0.29, 0.717) is 0 Å². The molecule has 1 rings (SSSR count). The minimum atomic E-state index is -3.39. The highest BCUT2D eigenvalue weighted by molar-refractivity contribution is 7.89. The van der Waals surface area contributed by atoms with Crippen molar-refractivity contribution in [3.8, 4) is 0 Å². The van der Waals surface area contributed by atoms with Gasteiger partial charge in [-0.25, -0.2) is 13.6 Å². The van der Waals surface area contributed by atoms with E-state index in [0.717, 1.165) is 25.7 Å². The first-order valence-electron chi connectivity index (χ1n) is 5.09. The van der Waals surface area contributed by atoms with Gasteiger partial charge in [-0.1, -0.05) is 19.4 Å². The normalized spacial score (nSPS) is 22.4. The van der Waals surface area contributed by atoms with Crippen molar-refractivity contribution >= 4 is 10.0 Å². The molecule has 0 spiro atoms. The summed E-state index contributed by atoms with van der Waals surface area (Å²) in [4.78, 5) is 0. The topological polar surface area (TPSA) is 60.2 Å². The minimum absolute atomic E-state index is 0.0906. The largest absolute Gasteiger partial charge is 0.228 e. The fraction of sp³-hybridized carbons (Fsp3) is 0.800. The summed E-state index contributed by atoms with van der Waals surface area (Å²) in [5.41, 5.74) is 0. The molecule has 1 fully saturated rings. The van der Waals surface area contributed by atoms with E-state index in [1.54, 1.807) is 6.08 Å². The lowest BCUT2D eigenvalue weighted by atomic mass is 9.78. The zero-order valence-corrected chi connectivity index (χ0v) is 9.46. The molecule has 14 heavy (non-hydrogen) atoms. The van der Waals surface area contributed by atoms with E-state index in [9.17, 15) is 8.42 Å². The fourth-order valence-electron chi connectivity index (χ4n) is 2.22. The van der Waals surface area contributed by atoms with E-state index in [1.807, 2.05) is 6.92 Å². The number of sulfonamides is 1. The van der Waals surface area contributed by atoms with Gasteiger partial charge >= 0.3 is 0 Å². The van der Waals surface area contributed by atoms with Crippen molar-refractivity contribution in [1.82, 2.24) is 0 Å². The summed E-state index contributed by atoms with van der Waals surface area (Å²) in [7, 11) is -3.39. The molecule has 2 atom stereocenters. The first-order valence-corrected chi connectivity index (χ1v) is 6.70. The molecule has 82 valence electrons. The summed E-state index contributed by atoms with van der Waals surface area (Å²) in [6.45, 7) is 5.57. The van der Waals surface area contributed by atoms with Gasteiger partial charge in [0, 0.05) is 0 Å². The molecule has 0 aliphatic heterocycles. The fourth-order valence-corrected chi connectivity index (χ4v) is 3.79. The van der Waals surface area contributed by atoms with Crippen LogP contribution in [-0.4, -0.2) is 13.7 Å². The van der Waals surface area contributed by atoms with E-state index in [2.05, 4.69) is 6.58 Å². The van der Waals surface area contributed by atoms with Crippen molar-refractivity contribution in [3.63, 3.8) is 0 Å².